The number of rotatable bonds is 8. The van der Waals surface area contributed by atoms with Crippen LogP contribution in [-0.2, 0) is 11.3 Å². The Morgan fingerprint density at radius 1 is 1.12 bits per heavy atom. The largest absolute Gasteiger partial charge is 0.352 e. The van der Waals surface area contributed by atoms with E-state index in [1.165, 1.54) is 23.9 Å². The highest BCUT2D eigenvalue weighted by molar-refractivity contribution is 7.98. The van der Waals surface area contributed by atoms with Gasteiger partial charge < -0.3 is 10.6 Å². The molecule has 2 N–H and O–H groups in total. The van der Waals surface area contributed by atoms with Gasteiger partial charge in [-0.15, -0.1) is 11.8 Å². The van der Waals surface area contributed by atoms with Crippen LogP contribution in [0.4, 0.5) is 5.69 Å². The van der Waals surface area contributed by atoms with Crippen molar-refractivity contribution >= 4 is 29.3 Å². The number of amides is 2. The van der Waals surface area contributed by atoms with Gasteiger partial charge in [0, 0.05) is 30.5 Å². The minimum atomic E-state index is -0.592. The van der Waals surface area contributed by atoms with Crippen molar-refractivity contribution in [3.05, 3.63) is 69.8 Å². The molecule has 0 aliphatic rings. The van der Waals surface area contributed by atoms with Gasteiger partial charge in [-0.3, -0.25) is 19.7 Å². The number of nitrogens with zero attached hydrogens (tertiary/aromatic N) is 1. The molecule has 7 nitrogen and oxygen atoms in total. The second-order valence-electron chi connectivity index (χ2n) is 5.41. The third-order valence-electron chi connectivity index (χ3n) is 3.62. The number of carbonyl (C=O) groups excluding carboxylic acids is 2. The molecule has 2 aromatic rings. The van der Waals surface area contributed by atoms with Gasteiger partial charge in [-0.25, -0.2) is 0 Å². The van der Waals surface area contributed by atoms with Gasteiger partial charge in [-0.05, 0) is 24.0 Å². The second kappa shape index (κ2) is 9.57. The first kappa shape index (κ1) is 19.5. The van der Waals surface area contributed by atoms with E-state index in [-0.39, 0.29) is 30.1 Å². The van der Waals surface area contributed by atoms with Crippen molar-refractivity contribution in [2.24, 2.45) is 0 Å². The first-order valence-electron chi connectivity index (χ1n) is 7.92. The van der Waals surface area contributed by atoms with Crippen LogP contribution in [0.5, 0.6) is 0 Å². The van der Waals surface area contributed by atoms with Gasteiger partial charge >= 0.3 is 0 Å². The van der Waals surface area contributed by atoms with Gasteiger partial charge in [0.2, 0.25) is 5.91 Å². The van der Waals surface area contributed by atoms with E-state index in [1.807, 2.05) is 36.6 Å². The third kappa shape index (κ3) is 5.59. The molecule has 136 valence electrons. The van der Waals surface area contributed by atoms with Gasteiger partial charge in [0.25, 0.3) is 11.6 Å². The molecule has 0 spiro atoms. The fraction of sp³-hybridized carbons (Fsp3) is 0.222. The fourth-order valence-corrected chi connectivity index (χ4v) is 2.69. The maximum atomic E-state index is 12.2. The highest BCUT2D eigenvalue weighted by Crippen LogP contribution is 2.24. The summed E-state index contributed by atoms with van der Waals surface area (Å²) in [4.78, 5) is 35.3. The van der Waals surface area contributed by atoms with Crippen LogP contribution in [-0.4, -0.2) is 29.5 Å². The van der Waals surface area contributed by atoms with Crippen LogP contribution in [0.2, 0.25) is 0 Å². The third-order valence-corrected chi connectivity index (χ3v) is 4.34. The van der Waals surface area contributed by atoms with Crippen LogP contribution in [0.3, 0.4) is 0 Å². The van der Waals surface area contributed by atoms with Gasteiger partial charge in [0.05, 0.1) is 4.92 Å². The zero-order valence-electron chi connectivity index (χ0n) is 14.2. The van der Waals surface area contributed by atoms with Crippen LogP contribution in [0.15, 0.2) is 53.4 Å². The van der Waals surface area contributed by atoms with E-state index in [0.29, 0.717) is 6.54 Å². The Labute approximate surface area is 155 Å². The van der Waals surface area contributed by atoms with Gasteiger partial charge in [0.1, 0.15) is 5.56 Å². The van der Waals surface area contributed by atoms with Crippen molar-refractivity contribution in [2.75, 3.05) is 12.8 Å². The molecule has 2 aromatic carbocycles. The SMILES string of the molecule is CSc1ccc([N+](=O)[O-])c(C(=O)NCCC(=O)NCc2ccccc2)c1. The molecule has 0 aliphatic heterocycles. The summed E-state index contributed by atoms with van der Waals surface area (Å²) in [6.07, 6.45) is 1.91. The van der Waals surface area contributed by atoms with Crippen LogP contribution < -0.4 is 10.6 Å². The summed E-state index contributed by atoms with van der Waals surface area (Å²) in [7, 11) is 0. The van der Waals surface area contributed by atoms with E-state index in [2.05, 4.69) is 10.6 Å². The van der Waals surface area contributed by atoms with E-state index in [1.54, 1.807) is 6.07 Å². The van der Waals surface area contributed by atoms with Crippen LogP contribution >= 0.6 is 11.8 Å². The Bertz CT molecular complexity index is 796. The fourth-order valence-electron chi connectivity index (χ4n) is 2.25. The summed E-state index contributed by atoms with van der Waals surface area (Å²) < 4.78 is 0. The standard InChI is InChI=1S/C18H19N3O4S/c1-26-14-7-8-16(21(24)25)15(11-14)18(23)19-10-9-17(22)20-12-13-5-3-2-4-6-13/h2-8,11H,9-10,12H2,1H3,(H,19,23)(H,20,22). The van der Waals surface area contributed by atoms with Crippen molar-refractivity contribution in [1.82, 2.24) is 10.6 Å². The Hall–Kier alpha value is -2.87. The summed E-state index contributed by atoms with van der Waals surface area (Å²) in [5.74, 6) is -0.773. The molecule has 0 unspecified atom stereocenters. The Morgan fingerprint density at radius 2 is 1.85 bits per heavy atom. The quantitative estimate of drug-likeness (QED) is 0.421. The second-order valence-corrected chi connectivity index (χ2v) is 6.29. The topological polar surface area (TPSA) is 101 Å². The molecule has 0 heterocycles. The molecule has 26 heavy (non-hydrogen) atoms. The van der Waals surface area contributed by atoms with Gasteiger partial charge in [-0.1, -0.05) is 30.3 Å². The number of nitro groups is 1. The highest BCUT2D eigenvalue weighted by atomic mass is 32.2. The summed E-state index contributed by atoms with van der Waals surface area (Å²) >= 11 is 1.39. The molecule has 0 aromatic heterocycles. The molecule has 0 fully saturated rings. The minimum absolute atomic E-state index is 0.00783. The van der Waals surface area contributed by atoms with Crippen molar-refractivity contribution in [1.29, 1.82) is 0 Å². The number of benzene rings is 2. The maximum Gasteiger partial charge on any atom is 0.282 e. The number of hydrogen-bond donors (Lipinski definition) is 2. The molecule has 8 heteroatoms. The van der Waals surface area contributed by atoms with E-state index >= 15 is 0 Å². The summed E-state index contributed by atoms with van der Waals surface area (Å²) in [5, 5.41) is 16.4. The van der Waals surface area contributed by atoms with Crippen molar-refractivity contribution in [2.45, 2.75) is 17.9 Å². The average Bonchev–Trinajstić information content (AvgIpc) is 2.66. The molecule has 2 amide bonds. The van der Waals surface area contributed by atoms with E-state index in [0.717, 1.165) is 10.5 Å². The minimum Gasteiger partial charge on any atom is -0.352 e. The molecule has 0 aliphatic carbocycles. The number of thioether (sulfide) groups is 1. The van der Waals surface area contributed by atoms with E-state index in [9.17, 15) is 19.7 Å². The lowest BCUT2D eigenvalue weighted by Crippen LogP contribution is -2.30. The number of nitrogens with one attached hydrogen (secondary N) is 2. The van der Waals surface area contributed by atoms with Crippen LogP contribution in [0.1, 0.15) is 22.3 Å². The smallest absolute Gasteiger partial charge is 0.282 e. The zero-order valence-corrected chi connectivity index (χ0v) is 15.0. The number of carbonyl (C=O) groups is 2. The van der Waals surface area contributed by atoms with Crippen LogP contribution in [0.25, 0.3) is 0 Å². The monoisotopic (exact) mass is 373 g/mol. The van der Waals surface area contributed by atoms with Crippen molar-refractivity contribution in [3.63, 3.8) is 0 Å². The predicted molar refractivity (Wildman–Crippen MR) is 100 cm³/mol. The van der Waals surface area contributed by atoms with Gasteiger partial charge in [-0.2, -0.15) is 0 Å². The molecular weight excluding hydrogens is 354 g/mol. The molecule has 0 atom stereocenters. The van der Waals surface area contributed by atoms with Crippen molar-refractivity contribution in [3.8, 4) is 0 Å². The maximum absolute atomic E-state index is 12.2. The van der Waals surface area contributed by atoms with Crippen molar-refractivity contribution < 1.29 is 14.5 Å². The molecule has 0 saturated heterocycles. The first-order chi connectivity index (χ1) is 12.5. The Kier molecular flexibility index (Phi) is 7.16. The molecule has 0 radical (unpaired) electrons. The molecular formula is C18H19N3O4S. The Morgan fingerprint density at radius 3 is 2.50 bits per heavy atom. The van der Waals surface area contributed by atoms with Gasteiger partial charge in [0.15, 0.2) is 0 Å². The normalized spacial score (nSPS) is 10.2. The predicted octanol–water partition coefficient (Wildman–Crippen LogP) is 2.75. The summed E-state index contributed by atoms with van der Waals surface area (Å²) in [5.41, 5.74) is 0.717. The molecule has 0 bridgehead atoms. The lowest BCUT2D eigenvalue weighted by Gasteiger charge is -2.08. The average molecular weight is 373 g/mol. The molecule has 2 rings (SSSR count). The van der Waals surface area contributed by atoms with E-state index in [4.69, 9.17) is 0 Å². The summed E-state index contributed by atoms with van der Waals surface area (Å²) in [6.45, 7) is 0.509. The van der Waals surface area contributed by atoms with E-state index < -0.39 is 10.8 Å². The first-order valence-corrected chi connectivity index (χ1v) is 9.15. The summed E-state index contributed by atoms with van der Waals surface area (Å²) in [6, 6.07) is 13.9. The molecule has 0 saturated carbocycles. The zero-order chi connectivity index (χ0) is 18.9. The highest BCUT2D eigenvalue weighted by Gasteiger charge is 2.20. The lowest BCUT2D eigenvalue weighted by atomic mass is 10.1. The number of hydrogen-bond acceptors (Lipinski definition) is 5. The number of nitro benzene ring substituents is 1. The lowest BCUT2D eigenvalue weighted by molar-refractivity contribution is -0.385. The van der Waals surface area contributed by atoms with Crippen LogP contribution in [0, 0.1) is 10.1 Å². The Balaban J connectivity index is 1.86.